The summed E-state index contributed by atoms with van der Waals surface area (Å²) in [6, 6.07) is 12.8. The van der Waals surface area contributed by atoms with Crippen LogP contribution in [-0.2, 0) is 11.2 Å². The van der Waals surface area contributed by atoms with Crippen LogP contribution in [0.3, 0.4) is 0 Å². The maximum absolute atomic E-state index is 11.6. The summed E-state index contributed by atoms with van der Waals surface area (Å²) in [5.74, 6) is -0.283. The molecule has 1 heterocycles. The maximum atomic E-state index is 11.6. The molecule has 2 aromatic rings. The second-order valence-corrected chi connectivity index (χ2v) is 3.61. The van der Waals surface area contributed by atoms with E-state index in [1.54, 1.807) is 24.5 Å². The maximum Gasteiger partial charge on any atom is 0.338 e. The zero-order valence-corrected chi connectivity index (χ0v) is 9.37. The molecular formula is C14H13NO2. The number of hydrogen-bond donors (Lipinski definition) is 0. The van der Waals surface area contributed by atoms with Crippen molar-refractivity contribution in [3.63, 3.8) is 0 Å². The fourth-order valence-electron chi connectivity index (χ4n) is 1.47. The van der Waals surface area contributed by atoms with Crippen molar-refractivity contribution in [2.24, 2.45) is 0 Å². The summed E-state index contributed by atoms with van der Waals surface area (Å²) in [6.45, 7) is 0.374. The lowest BCUT2D eigenvalue weighted by Crippen LogP contribution is -2.08. The predicted molar refractivity (Wildman–Crippen MR) is 64.7 cm³/mol. The Morgan fingerprint density at radius 3 is 2.65 bits per heavy atom. The Hall–Kier alpha value is -2.16. The third-order valence-corrected chi connectivity index (χ3v) is 2.36. The normalized spacial score (nSPS) is 9.88. The number of pyridine rings is 1. The van der Waals surface area contributed by atoms with E-state index in [1.807, 2.05) is 30.3 Å². The van der Waals surface area contributed by atoms with Gasteiger partial charge in [-0.15, -0.1) is 0 Å². The number of carbonyl (C=O) groups excluding carboxylic acids is 1. The van der Waals surface area contributed by atoms with Crippen molar-refractivity contribution in [3.8, 4) is 0 Å². The third-order valence-electron chi connectivity index (χ3n) is 2.36. The van der Waals surface area contributed by atoms with Crippen LogP contribution in [0.2, 0.25) is 0 Å². The molecular weight excluding hydrogens is 214 g/mol. The highest BCUT2D eigenvalue weighted by molar-refractivity contribution is 5.89. The van der Waals surface area contributed by atoms with Crippen LogP contribution in [0.4, 0.5) is 0 Å². The Bertz CT molecular complexity index is 468. The van der Waals surface area contributed by atoms with Gasteiger partial charge in [-0.05, 0) is 23.8 Å². The smallest absolute Gasteiger partial charge is 0.338 e. The van der Waals surface area contributed by atoms with E-state index < -0.39 is 0 Å². The molecule has 0 spiro atoms. The van der Waals surface area contributed by atoms with Crippen molar-refractivity contribution in [3.05, 3.63) is 66.0 Å². The first kappa shape index (κ1) is 11.3. The van der Waals surface area contributed by atoms with Crippen LogP contribution >= 0.6 is 0 Å². The van der Waals surface area contributed by atoms with E-state index >= 15 is 0 Å². The van der Waals surface area contributed by atoms with E-state index in [0.717, 1.165) is 5.56 Å². The van der Waals surface area contributed by atoms with E-state index in [4.69, 9.17) is 4.74 Å². The van der Waals surface area contributed by atoms with Gasteiger partial charge in [-0.25, -0.2) is 4.79 Å². The first-order chi connectivity index (χ1) is 8.36. The summed E-state index contributed by atoms with van der Waals surface area (Å²) >= 11 is 0. The van der Waals surface area contributed by atoms with E-state index in [1.165, 1.54) is 0 Å². The van der Waals surface area contributed by atoms with Gasteiger partial charge in [0.25, 0.3) is 0 Å². The first-order valence-corrected chi connectivity index (χ1v) is 5.47. The summed E-state index contributed by atoms with van der Waals surface area (Å²) in [5, 5.41) is 0. The average molecular weight is 227 g/mol. The molecule has 0 amide bonds. The molecule has 0 radical (unpaired) electrons. The van der Waals surface area contributed by atoms with Crippen LogP contribution in [0, 0.1) is 0 Å². The summed E-state index contributed by atoms with van der Waals surface area (Å²) in [6.07, 6.45) is 4.18. The zero-order chi connectivity index (χ0) is 11.9. The molecule has 86 valence electrons. The second-order valence-electron chi connectivity index (χ2n) is 3.61. The standard InChI is InChI=1S/C14H13NO2/c16-14(13-6-2-1-3-7-13)17-10-8-12-5-4-9-15-11-12/h1-7,9,11H,8,10H2. The van der Waals surface area contributed by atoms with Gasteiger partial charge < -0.3 is 4.74 Å². The van der Waals surface area contributed by atoms with Crippen LogP contribution in [0.25, 0.3) is 0 Å². The number of hydrogen-bond acceptors (Lipinski definition) is 3. The van der Waals surface area contributed by atoms with Crippen LogP contribution in [0.5, 0.6) is 0 Å². The minimum Gasteiger partial charge on any atom is -0.462 e. The molecule has 3 nitrogen and oxygen atoms in total. The number of ether oxygens (including phenoxy) is 1. The number of benzene rings is 1. The lowest BCUT2D eigenvalue weighted by atomic mass is 10.2. The Morgan fingerprint density at radius 2 is 1.94 bits per heavy atom. The van der Waals surface area contributed by atoms with Gasteiger partial charge >= 0.3 is 5.97 Å². The van der Waals surface area contributed by atoms with E-state index in [-0.39, 0.29) is 5.97 Å². The predicted octanol–water partition coefficient (Wildman–Crippen LogP) is 2.48. The number of aromatic nitrogens is 1. The summed E-state index contributed by atoms with van der Waals surface area (Å²) in [5.41, 5.74) is 1.65. The molecule has 0 saturated heterocycles. The van der Waals surface area contributed by atoms with Crippen LogP contribution < -0.4 is 0 Å². The molecule has 1 aromatic carbocycles. The highest BCUT2D eigenvalue weighted by Crippen LogP contribution is 2.02. The monoisotopic (exact) mass is 227 g/mol. The van der Waals surface area contributed by atoms with Gasteiger partial charge in [0.2, 0.25) is 0 Å². The largest absolute Gasteiger partial charge is 0.462 e. The molecule has 3 heteroatoms. The van der Waals surface area contributed by atoms with Crippen molar-refractivity contribution in [1.82, 2.24) is 4.98 Å². The second kappa shape index (κ2) is 5.80. The van der Waals surface area contributed by atoms with Crippen LogP contribution in [0.1, 0.15) is 15.9 Å². The topological polar surface area (TPSA) is 39.2 Å². The van der Waals surface area contributed by atoms with Gasteiger partial charge in [0.05, 0.1) is 12.2 Å². The Labute approximate surface area is 100 Å². The van der Waals surface area contributed by atoms with Crippen molar-refractivity contribution >= 4 is 5.97 Å². The SMILES string of the molecule is O=C(OCCc1cccnc1)c1ccccc1. The summed E-state index contributed by atoms with van der Waals surface area (Å²) in [7, 11) is 0. The number of nitrogens with zero attached hydrogens (tertiary/aromatic N) is 1. The van der Waals surface area contributed by atoms with E-state index in [9.17, 15) is 4.79 Å². The molecule has 2 rings (SSSR count). The molecule has 0 bridgehead atoms. The zero-order valence-electron chi connectivity index (χ0n) is 9.37. The minimum atomic E-state index is -0.283. The van der Waals surface area contributed by atoms with Gasteiger partial charge in [0.1, 0.15) is 0 Å². The molecule has 0 aliphatic carbocycles. The fraction of sp³-hybridized carbons (Fsp3) is 0.143. The Morgan fingerprint density at radius 1 is 1.12 bits per heavy atom. The van der Waals surface area contributed by atoms with Gasteiger partial charge in [0, 0.05) is 18.8 Å². The Balaban J connectivity index is 1.82. The molecule has 1 aromatic heterocycles. The number of esters is 1. The van der Waals surface area contributed by atoms with Crippen molar-refractivity contribution in [2.45, 2.75) is 6.42 Å². The molecule has 17 heavy (non-hydrogen) atoms. The fourth-order valence-corrected chi connectivity index (χ4v) is 1.47. The molecule has 0 saturated carbocycles. The minimum absolute atomic E-state index is 0.283. The number of carbonyl (C=O) groups is 1. The molecule has 0 unspecified atom stereocenters. The molecule has 0 fully saturated rings. The third kappa shape index (κ3) is 3.41. The molecule has 0 atom stereocenters. The van der Waals surface area contributed by atoms with Gasteiger partial charge in [0.15, 0.2) is 0 Å². The van der Waals surface area contributed by atoms with Crippen molar-refractivity contribution < 1.29 is 9.53 Å². The summed E-state index contributed by atoms with van der Waals surface area (Å²) in [4.78, 5) is 15.6. The van der Waals surface area contributed by atoms with E-state index in [0.29, 0.717) is 18.6 Å². The van der Waals surface area contributed by atoms with Gasteiger partial charge in [-0.2, -0.15) is 0 Å². The van der Waals surface area contributed by atoms with E-state index in [2.05, 4.69) is 4.98 Å². The van der Waals surface area contributed by atoms with Gasteiger partial charge in [-0.1, -0.05) is 24.3 Å². The average Bonchev–Trinajstić information content (AvgIpc) is 2.41. The van der Waals surface area contributed by atoms with Gasteiger partial charge in [-0.3, -0.25) is 4.98 Å². The van der Waals surface area contributed by atoms with Crippen molar-refractivity contribution in [1.29, 1.82) is 0 Å². The number of rotatable bonds is 4. The van der Waals surface area contributed by atoms with Crippen LogP contribution in [0.15, 0.2) is 54.9 Å². The van der Waals surface area contributed by atoms with Crippen molar-refractivity contribution in [2.75, 3.05) is 6.61 Å². The quantitative estimate of drug-likeness (QED) is 0.753. The Kier molecular flexibility index (Phi) is 3.86. The van der Waals surface area contributed by atoms with Crippen LogP contribution in [-0.4, -0.2) is 17.6 Å². The lowest BCUT2D eigenvalue weighted by Gasteiger charge is -2.04. The highest BCUT2D eigenvalue weighted by atomic mass is 16.5. The lowest BCUT2D eigenvalue weighted by molar-refractivity contribution is 0.0509. The molecule has 0 aliphatic rings. The first-order valence-electron chi connectivity index (χ1n) is 5.47. The highest BCUT2D eigenvalue weighted by Gasteiger charge is 2.05. The molecule has 0 aliphatic heterocycles. The molecule has 0 N–H and O–H groups in total. The summed E-state index contributed by atoms with van der Waals surface area (Å²) < 4.78 is 5.17.